The van der Waals surface area contributed by atoms with Crippen molar-refractivity contribution in [3.63, 3.8) is 0 Å². The zero-order chi connectivity index (χ0) is 27.1. The molecule has 0 spiro atoms. The van der Waals surface area contributed by atoms with E-state index in [9.17, 15) is 14.7 Å². The molecular formula is C28H35FN2O6. The average molecular weight is 515 g/mol. The Bertz CT molecular complexity index is 1180. The van der Waals surface area contributed by atoms with Gasteiger partial charge in [0.1, 0.15) is 17.1 Å². The number of nitrogens with one attached hydrogen (secondary N) is 1. The summed E-state index contributed by atoms with van der Waals surface area (Å²) in [5, 5.41) is 18.4. The van der Waals surface area contributed by atoms with E-state index in [1.54, 1.807) is 26.0 Å². The summed E-state index contributed by atoms with van der Waals surface area (Å²) in [5.41, 5.74) is 1.45. The van der Waals surface area contributed by atoms with Crippen molar-refractivity contribution >= 4 is 17.6 Å². The second kappa shape index (κ2) is 12.6. The molecule has 200 valence electrons. The molecule has 37 heavy (non-hydrogen) atoms. The van der Waals surface area contributed by atoms with E-state index < -0.39 is 11.8 Å². The van der Waals surface area contributed by atoms with E-state index in [2.05, 4.69) is 0 Å². The lowest BCUT2D eigenvalue weighted by atomic mass is 9.97. The van der Waals surface area contributed by atoms with Crippen LogP contribution in [0.25, 0.3) is 0 Å². The number of ketones is 1. The lowest BCUT2D eigenvalue weighted by Gasteiger charge is -2.19. The number of rotatable bonds is 14. The number of unbranched alkanes of at least 4 members (excludes halogenated alkanes) is 1. The Morgan fingerprint density at radius 3 is 2.38 bits per heavy atom. The third-order valence-electron chi connectivity index (χ3n) is 6.07. The Kier molecular flexibility index (Phi) is 9.49. The lowest BCUT2D eigenvalue weighted by Crippen LogP contribution is -2.30. The first-order valence-electron chi connectivity index (χ1n) is 12.8. The van der Waals surface area contributed by atoms with E-state index >= 15 is 4.39 Å². The average Bonchev–Trinajstić information content (AvgIpc) is 3.18. The van der Waals surface area contributed by atoms with E-state index in [-0.39, 0.29) is 59.5 Å². The van der Waals surface area contributed by atoms with Crippen LogP contribution in [0, 0.1) is 11.2 Å². The summed E-state index contributed by atoms with van der Waals surface area (Å²) >= 11 is 0. The summed E-state index contributed by atoms with van der Waals surface area (Å²) in [6.07, 6.45) is 3.01. The largest absolute Gasteiger partial charge is 0.492 e. The molecule has 0 saturated heterocycles. The maximum absolute atomic E-state index is 15.4. The summed E-state index contributed by atoms with van der Waals surface area (Å²) in [7, 11) is 0. The second-order valence-electron chi connectivity index (χ2n) is 8.82. The topological polar surface area (TPSA) is 109 Å². The van der Waals surface area contributed by atoms with Crippen molar-refractivity contribution < 1.29 is 33.3 Å². The molecule has 0 amide bonds. The maximum atomic E-state index is 15.4. The highest BCUT2D eigenvalue weighted by Gasteiger charge is 2.33. The van der Waals surface area contributed by atoms with Crippen molar-refractivity contribution in [2.24, 2.45) is 0 Å². The lowest BCUT2D eigenvalue weighted by molar-refractivity contribution is 0.0692. The van der Waals surface area contributed by atoms with Gasteiger partial charge in [-0.15, -0.1) is 0 Å². The van der Waals surface area contributed by atoms with Crippen LogP contribution in [0.3, 0.4) is 0 Å². The van der Waals surface area contributed by atoms with Gasteiger partial charge in [-0.2, -0.15) is 0 Å². The number of carboxylic acid groups (broad SMARTS) is 1. The molecule has 1 heterocycles. The van der Waals surface area contributed by atoms with Gasteiger partial charge >= 0.3 is 5.97 Å². The fraction of sp³-hybridized carbons (Fsp3) is 0.464. The molecule has 1 aliphatic rings. The molecule has 0 saturated carbocycles. The summed E-state index contributed by atoms with van der Waals surface area (Å²) in [4.78, 5) is 26.8. The van der Waals surface area contributed by atoms with Crippen LogP contribution in [0.15, 0.2) is 18.2 Å². The van der Waals surface area contributed by atoms with Crippen molar-refractivity contribution in [1.29, 1.82) is 5.41 Å². The minimum absolute atomic E-state index is 0.0460. The molecule has 1 aliphatic heterocycles. The molecule has 2 N–H and O–H groups in total. The maximum Gasteiger partial charge on any atom is 0.339 e. The van der Waals surface area contributed by atoms with Gasteiger partial charge in [0, 0.05) is 12.1 Å². The minimum atomic E-state index is -1.17. The monoisotopic (exact) mass is 514 g/mol. The van der Waals surface area contributed by atoms with Gasteiger partial charge in [-0.25, -0.2) is 9.18 Å². The van der Waals surface area contributed by atoms with E-state index in [1.807, 2.05) is 13.8 Å². The summed E-state index contributed by atoms with van der Waals surface area (Å²) in [6.45, 7) is 8.35. The van der Waals surface area contributed by atoms with Crippen LogP contribution in [0.5, 0.6) is 17.2 Å². The number of nitrogens with zero attached hydrogens (tertiary/aromatic N) is 1. The first-order valence-corrected chi connectivity index (χ1v) is 12.8. The fourth-order valence-electron chi connectivity index (χ4n) is 4.36. The van der Waals surface area contributed by atoms with Crippen molar-refractivity contribution in [2.75, 3.05) is 26.4 Å². The zero-order valence-electron chi connectivity index (χ0n) is 21.9. The van der Waals surface area contributed by atoms with Crippen LogP contribution in [0.4, 0.5) is 4.39 Å². The summed E-state index contributed by atoms with van der Waals surface area (Å²) in [5.74, 6) is -1.84. The third kappa shape index (κ3) is 6.03. The zero-order valence-corrected chi connectivity index (χ0v) is 21.9. The molecule has 2 aromatic carbocycles. The van der Waals surface area contributed by atoms with Crippen molar-refractivity contribution in [2.45, 2.75) is 59.9 Å². The molecule has 0 aromatic heterocycles. The number of ether oxygens (including phenoxy) is 3. The highest BCUT2D eigenvalue weighted by molar-refractivity contribution is 6.06. The first kappa shape index (κ1) is 28.0. The van der Waals surface area contributed by atoms with Gasteiger partial charge in [-0.3, -0.25) is 10.2 Å². The number of carboxylic acids is 1. The second-order valence-corrected chi connectivity index (χ2v) is 8.82. The Morgan fingerprint density at radius 2 is 1.76 bits per heavy atom. The standard InChI is InChI=1S/C28H35FN2O6/c1-5-9-10-17-12-18(13-20(28(33)34)25(17)37-11-6-2)21(32)16-31-15-19-14-22(35-7-3)26(36-8-4)24(29)23(19)27(31)30/h12-14,30H,5-11,15-16H2,1-4H3,(H,33,34). The van der Waals surface area contributed by atoms with Crippen LogP contribution >= 0.6 is 0 Å². The number of hydrogen-bond donors (Lipinski definition) is 2. The number of halogens is 1. The fourth-order valence-corrected chi connectivity index (χ4v) is 4.36. The molecule has 0 radical (unpaired) electrons. The van der Waals surface area contributed by atoms with Gasteiger partial charge < -0.3 is 24.2 Å². The van der Waals surface area contributed by atoms with Gasteiger partial charge in [0.2, 0.25) is 0 Å². The SMILES string of the molecule is CCCCc1cc(C(=O)CN2Cc3cc(OCC)c(OCC)c(F)c3C2=N)cc(C(=O)O)c1OCCC. The van der Waals surface area contributed by atoms with Gasteiger partial charge in [-0.1, -0.05) is 20.3 Å². The minimum Gasteiger partial charge on any atom is -0.492 e. The van der Waals surface area contributed by atoms with Gasteiger partial charge in [0.05, 0.1) is 31.9 Å². The van der Waals surface area contributed by atoms with Crippen LogP contribution in [-0.2, 0) is 13.0 Å². The number of amidine groups is 1. The van der Waals surface area contributed by atoms with Crippen LogP contribution < -0.4 is 14.2 Å². The van der Waals surface area contributed by atoms with Crippen molar-refractivity contribution in [3.05, 3.63) is 51.8 Å². The van der Waals surface area contributed by atoms with E-state index in [4.69, 9.17) is 19.6 Å². The third-order valence-corrected chi connectivity index (χ3v) is 6.07. The predicted octanol–water partition coefficient (Wildman–Crippen LogP) is 5.48. The number of Topliss-reactive ketones (excluding diaryl/α,β-unsaturated/α-hetero) is 1. The Balaban J connectivity index is 1.93. The molecule has 3 rings (SSSR count). The smallest absolute Gasteiger partial charge is 0.339 e. The highest BCUT2D eigenvalue weighted by Crippen LogP contribution is 2.39. The van der Waals surface area contributed by atoms with Crippen molar-refractivity contribution in [1.82, 2.24) is 4.90 Å². The van der Waals surface area contributed by atoms with Crippen LogP contribution in [-0.4, -0.2) is 54.0 Å². The van der Waals surface area contributed by atoms with Gasteiger partial charge in [0.15, 0.2) is 23.1 Å². The normalized spacial score (nSPS) is 12.5. The Morgan fingerprint density at radius 1 is 1.03 bits per heavy atom. The van der Waals surface area contributed by atoms with E-state index in [0.717, 1.165) is 19.3 Å². The molecule has 9 heteroatoms. The number of carbonyl (C=O) groups is 2. The number of aromatic carboxylic acids is 1. The van der Waals surface area contributed by atoms with Gasteiger partial charge in [0.25, 0.3) is 0 Å². The first-order chi connectivity index (χ1) is 17.8. The van der Waals surface area contributed by atoms with Crippen molar-refractivity contribution in [3.8, 4) is 17.2 Å². The van der Waals surface area contributed by atoms with E-state index in [1.165, 1.54) is 11.0 Å². The molecule has 0 aliphatic carbocycles. The number of benzene rings is 2. The molecule has 8 nitrogen and oxygen atoms in total. The van der Waals surface area contributed by atoms with Gasteiger partial charge in [-0.05, 0) is 62.4 Å². The quantitative estimate of drug-likeness (QED) is 0.322. The highest BCUT2D eigenvalue weighted by atomic mass is 19.1. The van der Waals surface area contributed by atoms with Crippen LogP contribution in [0.1, 0.15) is 84.4 Å². The molecule has 0 fully saturated rings. The predicted molar refractivity (Wildman–Crippen MR) is 138 cm³/mol. The number of hydrogen-bond acceptors (Lipinski definition) is 6. The van der Waals surface area contributed by atoms with E-state index in [0.29, 0.717) is 36.5 Å². The number of aryl methyl sites for hydroxylation is 1. The number of fused-ring (bicyclic) bond motifs is 1. The molecular weight excluding hydrogens is 479 g/mol. The molecule has 0 unspecified atom stereocenters. The summed E-state index contributed by atoms with van der Waals surface area (Å²) < 4.78 is 32.1. The Labute approximate surface area is 216 Å². The molecule has 0 atom stereocenters. The molecule has 2 aromatic rings. The van der Waals surface area contributed by atoms with Crippen LogP contribution in [0.2, 0.25) is 0 Å². The number of carbonyl (C=O) groups excluding carboxylic acids is 1. The molecule has 0 bridgehead atoms. The Hall–Kier alpha value is -3.62. The summed E-state index contributed by atoms with van der Waals surface area (Å²) in [6, 6.07) is 4.67.